The molecule has 2 heterocycles. The number of likely N-dealkylation sites (tertiary alicyclic amines) is 2. The first-order valence-corrected chi connectivity index (χ1v) is 8.23. The van der Waals surface area contributed by atoms with E-state index in [-0.39, 0.29) is 5.91 Å². The van der Waals surface area contributed by atoms with Crippen molar-refractivity contribution in [2.24, 2.45) is 0 Å². The van der Waals surface area contributed by atoms with E-state index in [9.17, 15) is 4.79 Å². The third-order valence-electron chi connectivity index (χ3n) is 4.65. The van der Waals surface area contributed by atoms with Gasteiger partial charge in [-0.1, -0.05) is 22.0 Å². The molecular weight excluding hydrogens is 316 g/mol. The van der Waals surface area contributed by atoms with E-state index in [1.807, 2.05) is 24.3 Å². The Kier molecular flexibility index (Phi) is 4.13. The van der Waals surface area contributed by atoms with Crippen molar-refractivity contribution in [2.45, 2.75) is 37.8 Å². The average Bonchev–Trinajstić information content (AvgIpc) is 3.06. The molecule has 4 heteroatoms. The molecule has 0 unspecified atom stereocenters. The Morgan fingerprint density at radius 3 is 2.65 bits per heavy atom. The number of carbonyl (C=O) groups excluding carboxylic acids is 1. The van der Waals surface area contributed by atoms with Crippen molar-refractivity contribution in [1.82, 2.24) is 9.80 Å². The second-order valence-corrected chi connectivity index (χ2v) is 6.82. The molecule has 20 heavy (non-hydrogen) atoms. The molecule has 0 spiro atoms. The summed E-state index contributed by atoms with van der Waals surface area (Å²) in [6.07, 6.45) is 4.77. The number of hydrogen-bond acceptors (Lipinski definition) is 2. The highest BCUT2D eigenvalue weighted by atomic mass is 79.9. The Morgan fingerprint density at radius 1 is 1.20 bits per heavy atom. The molecule has 1 aromatic rings. The van der Waals surface area contributed by atoms with Crippen LogP contribution in [0.25, 0.3) is 0 Å². The number of rotatable bonds is 2. The molecule has 108 valence electrons. The predicted molar refractivity (Wildman–Crippen MR) is 83.9 cm³/mol. The van der Waals surface area contributed by atoms with Crippen LogP contribution >= 0.6 is 15.9 Å². The molecule has 2 atom stereocenters. The summed E-state index contributed by atoms with van der Waals surface area (Å²) in [6, 6.07) is 8.69. The summed E-state index contributed by atoms with van der Waals surface area (Å²) in [4.78, 5) is 17.3. The highest BCUT2D eigenvalue weighted by Gasteiger charge is 2.38. The smallest absolute Gasteiger partial charge is 0.254 e. The van der Waals surface area contributed by atoms with Crippen molar-refractivity contribution in [2.75, 3.05) is 20.1 Å². The van der Waals surface area contributed by atoms with Gasteiger partial charge in [-0.25, -0.2) is 0 Å². The lowest BCUT2D eigenvalue weighted by Crippen LogP contribution is -2.47. The van der Waals surface area contributed by atoms with Crippen LogP contribution in [0.2, 0.25) is 0 Å². The lowest BCUT2D eigenvalue weighted by Gasteiger charge is -2.33. The third kappa shape index (κ3) is 2.63. The molecular formula is C16H21BrN2O. The fourth-order valence-corrected chi connectivity index (χ4v) is 4.05. The molecule has 2 aliphatic heterocycles. The van der Waals surface area contributed by atoms with Crippen molar-refractivity contribution in [3.05, 3.63) is 34.3 Å². The monoisotopic (exact) mass is 336 g/mol. The number of nitrogens with zero attached hydrogens (tertiary/aromatic N) is 2. The minimum absolute atomic E-state index is 0.189. The number of hydrogen-bond donors (Lipinski definition) is 0. The zero-order chi connectivity index (χ0) is 14.1. The van der Waals surface area contributed by atoms with E-state index in [1.165, 1.54) is 19.4 Å². The molecule has 2 aliphatic rings. The highest BCUT2D eigenvalue weighted by Crippen LogP contribution is 2.30. The topological polar surface area (TPSA) is 23.6 Å². The Bertz CT molecular complexity index is 505. The minimum atomic E-state index is 0.189. The van der Waals surface area contributed by atoms with Gasteiger partial charge in [-0.3, -0.25) is 4.79 Å². The lowest BCUT2D eigenvalue weighted by molar-refractivity contribution is 0.0664. The van der Waals surface area contributed by atoms with E-state index in [0.717, 1.165) is 29.4 Å². The van der Waals surface area contributed by atoms with Gasteiger partial charge in [0.05, 0.1) is 0 Å². The van der Waals surface area contributed by atoms with Crippen molar-refractivity contribution in [3.8, 4) is 0 Å². The van der Waals surface area contributed by atoms with Gasteiger partial charge in [0.15, 0.2) is 0 Å². The van der Waals surface area contributed by atoms with Gasteiger partial charge in [0.2, 0.25) is 0 Å². The second-order valence-electron chi connectivity index (χ2n) is 5.91. The summed E-state index contributed by atoms with van der Waals surface area (Å²) in [6.45, 7) is 2.07. The normalized spacial score (nSPS) is 27.2. The van der Waals surface area contributed by atoms with Crippen molar-refractivity contribution in [1.29, 1.82) is 0 Å². The van der Waals surface area contributed by atoms with E-state index >= 15 is 0 Å². The van der Waals surface area contributed by atoms with Gasteiger partial charge in [-0.05, 0) is 57.5 Å². The third-order valence-corrected chi connectivity index (χ3v) is 5.15. The van der Waals surface area contributed by atoms with Crippen LogP contribution in [0.5, 0.6) is 0 Å². The van der Waals surface area contributed by atoms with E-state index in [4.69, 9.17) is 0 Å². The molecule has 3 nitrogen and oxygen atoms in total. The first-order valence-electron chi connectivity index (χ1n) is 7.43. The van der Waals surface area contributed by atoms with Crippen LogP contribution in [-0.2, 0) is 0 Å². The van der Waals surface area contributed by atoms with Crippen molar-refractivity contribution < 1.29 is 4.79 Å². The SMILES string of the molecule is CN1CCC[C@H]1[C@@H]1CCCN1C(=O)c1cccc(Br)c1. The molecule has 2 saturated heterocycles. The lowest BCUT2D eigenvalue weighted by atomic mass is 10.0. The molecule has 0 bridgehead atoms. The fraction of sp³-hybridized carbons (Fsp3) is 0.562. The van der Waals surface area contributed by atoms with E-state index in [0.29, 0.717) is 12.1 Å². The van der Waals surface area contributed by atoms with Crippen LogP contribution in [-0.4, -0.2) is 47.9 Å². The quantitative estimate of drug-likeness (QED) is 0.828. The Hall–Kier alpha value is -0.870. The molecule has 1 aromatic carbocycles. The zero-order valence-corrected chi connectivity index (χ0v) is 13.5. The second kappa shape index (κ2) is 5.86. The molecule has 0 aromatic heterocycles. The van der Waals surface area contributed by atoms with Crippen LogP contribution in [0.4, 0.5) is 0 Å². The first-order chi connectivity index (χ1) is 9.66. The average molecular weight is 337 g/mol. The van der Waals surface area contributed by atoms with Gasteiger partial charge >= 0.3 is 0 Å². The molecule has 0 aliphatic carbocycles. The summed E-state index contributed by atoms with van der Waals surface area (Å²) in [5.74, 6) is 0.189. The molecule has 3 rings (SSSR count). The molecule has 0 radical (unpaired) electrons. The first kappa shape index (κ1) is 14.1. The largest absolute Gasteiger partial charge is 0.334 e. The maximum Gasteiger partial charge on any atom is 0.254 e. The van der Waals surface area contributed by atoms with E-state index in [1.54, 1.807) is 0 Å². The van der Waals surface area contributed by atoms with Gasteiger partial charge in [0, 0.05) is 28.7 Å². The molecule has 1 amide bonds. The number of benzene rings is 1. The van der Waals surface area contributed by atoms with Gasteiger partial charge in [0.25, 0.3) is 5.91 Å². The Morgan fingerprint density at radius 2 is 1.95 bits per heavy atom. The van der Waals surface area contributed by atoms with Gasteiger partial charge in [-0.15, -0.1) is 0 Å². The number of likely N-dealkylation sites (N-methyl/N-ethyl adjacent to an activating group) is 1. The zero-order valence-electron chi connectivity index (χ0n) is 11.9. The number of amides is 1. The Labute approximate surface area is 129 Å². The van der Waals surface area contributed by atoms with Crippen LogP contribution in [0.1, 0.15) is 36.0 Å². The Balaban J connectivity index is 1.79. The standard InChI is InChI=1S/C16H21BrN2O/c1-18-9-3-7-14(18)15-8-4-10-19(15)16(20)12-5-2-6-13(17)11-12/h2,5-6,11,14-15H,3-4,7-10H2,1H3/t14-,15-/m0/s1. The van der Waals surface area contributed by atoms with E-state index in [2.05, 4.69) is 32.8 Å². The summed E-state index contributed by atoms with van der Waals surface area (Å²) < 4.78 is 0.970. The summed E-state index contributed by atoms with van der Waals surface area (Å²) in [5.41, 5.74) is 0.798. The number of carbonyl (C=O) groups is 1. The molecule has 0 N–H and O–H groups in total. The van der Waals surface area contributed by atoms with Crippen LogP contribution in [0.15, 0.2) is 28.7 Å². The van der Waals surface area contributed by atoms with Crippen molar-refractivity contribution >= 4 is 21.8 Å². The molecule has 0 saturated carbocycles. The number of halogens is 1. The summed E-state index contributed by atoms with van der Waals surface area (Å²) in [7, 11) is 2.19. The predicted octanol–water partition coefficient (Wildman–Crippen LogP) is 3.15. The highest BCUT2D eigenvalue weighted by molar-refractivity contribution is 9.10. The molecule has 2 fully saturated rings. The summed E-state index contributed by atoms with van der Waals surface area (Å²) in [5, 5.41) is 0. The van der Waals surface area contributed by atoms with Gasteiger partial charge < -0.3 is 9.80 Å². The van der Waals surface area contributed by atoms with Crippen LogP contribution in [0, 0.1) is 0 Å². The van der Waals surface area contributed by atoms with Crippen molar-refractivity contribution in [3.63, 3.8) is 0 Å². The van der Waals surface area contributed by atoms with Crippen LogP contribution in [0.3, 0.4) is 0 Å². The van der Waals surface area contributed by atoms with Gasteiger partial charge in [-0.2, -0.15) is 0 Å². The maximum absolute atomic E-state index is 12.8. The van der Waals surface area contributed by atoms with E-state index < -0.39 is 0 Å². The fourth-order valence-electron chi connectivity index (χ4n) is 3.65. The van der Waals surface area contributed by atoms with Gasteiger partial charge in [0.1, 0.15) is 0 Å². The summed E-state index contributed by atoms with van der Waals surface area (Å²) >= 11 is 3.45. The minimum Gasteiger partial charge on any atom is -0.334 e. The van der Waals surface area contributed by atoms with Crippen LogP contribution < -0.4 is 0 Å². The maximum atomic E-state index is 12.8.